The average molecular weight is 278 g/mol. The number of nitrogens with one attached hydrogen (secondary N) is 1. The van der Waals surface area contributed by atoms with Crippen molar-refractivity contribution in [3.05, 3.63) is 48.3 Å². The molecule has 1 N–H and O–H groups in total. The first-order chi connectivity index (χ1) is 9.01. The lowest BCUT2D eigenvalue weighted by molar-refractivity contribution is 0.414. The van der Waals surface area contributed by atoms with Crippen molar-refractivity contribution in [3.63, 3.8) is 0 Å². The van der Waals surface area contributed by atoms with Gasteiger partial charge in [0.15, 0.2) is 0 Å². The van der Waals surface area contributed by atoms with Gasteiger partial charge in [0.05, 0.1) is 23.9 Å². The first-order valence-electron chi connectivity index (χ1n) is 5.61. The number of aromatic nitrogens is 1. The zero-order valence-electron chi connectivity index (χ0n) is 10.6. The first-order valence-corrected chi connectivity index (χ1v) is 7.09. The summed E-state index contributed by atoms with van der Waals surface area (Å²) < 4.78 is 31.7. The largest absolute Gasteiger partial charge is 0.497 e. The van der Waals surface area contributed by atoms with Gasteiger partial charge in [0.2, 0.25) is 0 Å². The predicted octanol–water partition coefficient (Wildman–Crippen LogP) is 2.20. The summed E-state index contributed by atoms with van der Waals surface area (Å²) in [6.07, 6.45) is 1.48. The second kappa shape index (κ2) is 5.27. The molecular formula is C13H14N2O3S. The van der Waals surface area contributed by atoms with Crippen LogP contribution in [-0.2, 0) is 10.0 Å². The van der Waals surface area contributed by atoms with Crippen molar-refractivity contribution in [2.24, 2.45) is 0 Å². The van der Waals surface area contributed by atoms with Crippen LogP contribution in [0.4, 0.5) is 5.69 Å². The third-order valence-electron chi connectivity index (χ3n) is 2.53. The van der Waals surface area contributed by atoms with E-state index in [0.717, 1.165) is 5.69 Å². The number of pyridine rings is 1. The molecule has 0 aliphatic carbocycles. The van der Waals surface area contributed by atoms with Crippen LogP contribution in [0, 0.1) is 6.92 Å². The van der Waals surface area contributed by atoms with Crippen molar-refractivity contribution in [1.82, 2.24) is 4.98 Å². The Balaban J connectivity index is 2.24. The van der Waals surface area contributed by atoms with Crippen LogP contribution < -0.4 is 9.46 Å². The fourth-order valence-electron chi connectivity index (χ4n) is 1.50. The van der Waals surface area contributed by atoms with Gasteiger partial charge in [0, 0.05) is 5.69 Å². The third-order valence-corrected chi connectivity index (χ3v) is 3.93. The van der Waals surface area contributed by atoms with Gasteiger partial charge in [-0.2, -0.15) is 0 Å². The molecule has 0 amide bonds. The zero-order chi connectivity index (χ0) is 13.9. The number of methoxy groups -OCH3 is 1. The SMILES string of the molecule is COc1ccc(S(=O)(=O)Nc2ccc(C)nc2)cc1. The molecule has 0 unspecified atom stereocenters. The molecule has 0 aliphatic rings. The topological polar surface area (TPSA) is 68.3 Å². The Morgan fingerprint density at radius 2 is 1.79 bits per heavy atom. The molecule has 19 heavy (non-hydrogen) atoms. The molecular weight excluding hydrogens is 264 g/mol. The number of sulfonamides is 1. The average Bonchev–Trinajstić information content (AvgIpc) is 2.41. The number of rotatable bonds is 4. The second-order valence-corrected chi connectivity index (χ2v) is 5.65. The van der Waals surface area contributed by atoms with Gasteiger partial charge in [-0.25, -0.2) is 8.42 Å². The van der Waals surface area contributed by atoms with E-state index in [0.29, 0.717) is 11.4 Å². The number of aryl methyl sites for hydroxylation is 1. The summed E-state index contributed by atoms with van der Waals surface area (Å²) in [5.41, 5.74) is 1.26. The monoisotopic (exact) mass is 278 g/mol. The smallest absolute Gasteiger partial charge is 0.261 e. The Morgan fingerprint density at radius 3 is 2.32 bits per heavy atom. The highest BCUT2D eigenvalue weighted by atomic mass is 32.2. The third kappa shape index (κ3) is 3.23. The Morgan fingerprint density at radius 1 is 1.11 bits per heavy atom. The van der Waals surface area contributed by atoms with Crippen molar-refractivity contribution < 1.29 is 13.2 Å². The van der Waals surface area contributed by atoms with Gasteiger partial charge in [-0.3, -0.25) is 9.71 Å². The normalized spacial score (nSPS) is 11.1. The molecule has 1 aromatic carbocycles. The van der Waals surface area contributed by atoms with E-state index in [1.54, 1.807) is 24.3 Å². The van der Waals surface area contributed by atoms with Crippen LogP contribution in [0.3, 0.4) is 0 Å². The van der Waals surface area contributed by atoms with E-state index in [1.807, 2.05) is 6.92 Å². The number of anilines is 1. The van der Waals surface area contributed by atoms with Gasteiger partial charge in [-0.05, 0) is 43.3 Å². The van der Waals surface area contributed by atoms with Crippen LogP contribution in [0.1, 0.15) is 5.69 Å². The van der Waals surface area contributed by atoms with Gasteiger partial charge in [0.1, 0.15) is 5.75 Å². The van der Waals surface area contributed by atoms with Gasteiger partial charge in [-0.1, -0.05) is 0 Å². The van der Waals surface area contributed by atoms with E-state index >= 15 is 0 Å². The van der Waals surface area contributed by atoms with Crippen molar-refractivity contribution in [3.8, 4) is 5.75 Å². The zero-order valence-corrected chi connectivity index (χ0v) is 11.4. The fraction of sp³-hybridized carbons (Fsp3) is 0.154. The van der Waals surface area contributed by atoms with Crippen molar-refractivity contribution >= 4 is 15.7 Å². The van der Waals surface area contributed by atoms with E-state index in [4.69, 9.17) is 4.74 Å². The van der Waals surface area contributed by atoms with Gasteiger partial charge in [-0.15, -0.1) is 0 Å². The number of nitrogens with zero attached hydrogens (tertiary/aromatic N) is 1. The van der Waals surface area contributed by atoms with E-state index in [2.05, 4.69) is 9.71 Å². The van der Waals surface area contributed by atoms with Crippen LogP contribution >= 0.6 is 0 Å². The van der Waals surface area contributed by atoms with E-state index < -0.39 is 10.0 Å². The van der Waals surface area contributed by atoms with Gasteiger partial charge < -0.3 is 4.74 Å². The fourth-order valence-corrected chi connectivity index (χ4v) is 2.54. The molecule has 0 bridgehead atoms. The van der Waals surface area contributed by atoms with E-state index in [-0.39, 0.29) is 4.90 Å². The number of ether oxygens (including phenoxy) is 1. The molecule has 2 rings (SSSR count). The van der Waals surface area contributed by atoms with Gasteiger partial charge in [0.25, 0.3) is 10.0 Å². The highest BCUT2D eigenvalue weighted by Gasteiger charge is 2.14. The minimum Gasteiger partial charge on any atom is -0.497 e. The van der Waals surface area contributed by atoms with Crippen LogP contribution in [0.5, 0.6) is 5.75 Å². The molecule has 1 heterocycles. The summed E-state index contributed by atoms with van der Waals surface area (Å²) in [4.78, 5) is 4.21. The molecule has 5 nitrogen and oxygen atoms in total. The van der Waals surface area contributed by atoms with E-state index in [9.17, 15) is 8.42 Å². The standard InChI is InChI=1S/C13H14N2O3S/c1-10-3-4-11(9-14-10)15-19(16,17)13-7-5-12(18-2)6-8-13/h3-9,15H,1-2H3. The number of benzene rings is 1. The summed E-state index contributed by atoms with van der Waals surface area (Å²) in [5.74, 6) is 0.607. The Hall–Kier alpha value is -2.08. The lowest BCUT2D eigenvalue weighted by Crippen LogP contribution is -2.13. The molecule has 0 fully saturated rings. The predicted molar refractivity (Wildman–Crippen MR) is 72.8 cm³/mol. The molecule has 0 spiro atoms. The van der Waals surface area contributed by atoms with Crippen LogP contribution in [0.2, 0.25) is 0 Å². The molecule has 100 valence electrons. The number of hydrogen-bond acceptors (Lipinski definition) is 4. The highest BCUT2D eigenvalue weighted by Crippen LogP contribution is 2.18. The van der Waals surface area contributed by atoms with E-state index in [1.165, 1.54) is 25.4 Å². The maximum atomic E-state index is 12.1. The Labute approximate surface area is 112 Å². The molecule has 0 atom stereocenters. The number of hydrogen-bond donors (Lipinski definition) is 1. The van der Waals surface area contributed by atoms with Crippen molar-refractivity contribution in [2.45, 2.75) is 11.8 Å². The lowest BCUT2D eigenvalue weighted by atomic mass is 10.3. The summed E-state index contributed by atoms with van der Waals surface area (Å²) >= 11 is 0. The van der Waals surface area contributed by atoms with Gasteiger partial charge >= 0.3 is 0 Å². The molecule has 0 saturated carbocycles. The quantitative estimate of drug-likeness (QED) is 0.931. The van der Waals surface area contributed by atoms with Crippen LogP contribution in [-0.4, -0.2) is 20.5 Å². The lowest BCUT2D eigenvalue weighted by Gasteiger charge is -2.08. The summed E-state index contributed by atoms with van der Waals surface area (Å²) in [6.45, 7) is 1.84. The molecule has 1 aromatic heterocycles. The highest BCUT2D eigenvalue weighted by molar-refractivity contribution is 7.92. The summed E-state index contributed by atoms with van der Waals surface area (Å²) in [6, 6.07) is 9.59. The Bertz CT molecular complexity index is 649. The van der Waals surface area contributed by atoms with Crippen LogP contribution in [0.15, 0.2) is 47.5 Å². The maximum Gasteiger partial charge on any atom is 0.261 e. The van der Waals surface area contributed by atoms with Crippen molar-refractivity contribution in [2.75, 3.05) is 11.8 Å². The first kappa shape index (κ1) is 13.4. The summed E-state index contributed by atoms with van der Waals surface area (Å²) in [5, 5.41) is 0. The second-order valence-electron chi connectivity index (χ2n) is 3.97. The molecule has 2 aromatic rings. The molecule has 0 radical (unpaired) electrons. The maximum absolute atomic E-state index is 12.1. The minimum atomic E-state index is -3.60. The molecule has 6 heteroatoms. The molecule has 0 aliphatic heterocycles. The van der Waals surface area contributed by atoms with Crippen molar-refractivity contribution in [1.29, 1.82) is 0 Å². The Kier molecular flexibility index (Phi) is 3.71. The molecule has 0 saturated heterocycles. The summed E-state index contributed by atoms with van der Waals surface area (Å²) in [7, 11) is -2.07. The minimum absolute atomic E-state index is 0.175. The van der Waals surface area contributed by atoms with Crippen LogP contribution in [0.25, 0.3) is 0 Å².